The van der Waals surface area contributed by atoms with Crippen molar-refractivity contribution in [2.45, 2.75) is 11.3 Å². The summed E-state index contributed by atoms with van der Waals surface area (Å²) >= 11 is 0. The zero-order chi connectivity index (χ0) is 19.6. The van der Waals surface area contributed by atoms with Crippen molar-refractivity contribution in [1.29, 1.82) is 0 Å². The number of fused-ring (bicyclic) bond motifs is 1. The Morgan fingerprint density at radius 1 is 1.00 bits per heavy atom. The Bertz CT molecular complexity index is 1040. The third kappa shape index (κ3) is 3.65. The van der Waals surface area contributed by atoms with Crippen LogP contribution in [0.1, 0.15) is 5.56 Å². The predicted molar refractivity (Wildman–Crippen MR) is 106 cm³/mol. The van der Waals surface area contributed by atoms with E-state index in [1.54, 1.807) is 50.7 Å². The van der Waals surface area contributed by atoms with Gasteiger partial charge >= 0.3 is 0 Å². The van der Waals surface area contributed by atoms with E-state index in [9.17, 15) is 8.42 Å². The van der Waals surface area contributed by atoms with E-state index in [-0.39, 0.29) is 4.90 Å². The van der Waals surface area contributed by atoms with Gasteiger partial charge in [0.05, 0.1) is 19.1 Å². The molecule has 0 aliphatic rings. The van der Waals surface area contributed by atoms with Crippen molar-refractivity contribution in [2.24, 2.45) is 0 Å². The average molecular weight is 388 g/mol. The van der Waals surface area contributed by atoms with Crippen molar-refractivity contribution < 1.29 is 17.9 Å². The van der Waals surface area contributed by atoms with E-state index < -0.39 is 10.0 Å². The minimum atomic E-state index is -3.77. The highest BCUT2D eigenvalue weighted by atomic mass is 32.2. The van der Waals surface area contributed by atoms with Crippen LogP contribution in [0.25, 0.3) is 10.9 Å². The number of benzene rings is 2. The van der Waals surface area contributed by atoms with Crippen molar-refractivity contribution >= 4 is 20.9 Å². The topological polar surface area (TPSA) is 60.8 Å². The number of aromatic nitrogens is 1. The normalized spacial score (nSPS) is 11.9. The molecule has 6 nitrogen and oxygen atoms in total. The molecule has 0 unspecified atom stereocenters. The van der Waals surface area contributed by atoms with Crippen LogP contribution in [0, 0.1) is 0 Å². The SMILES string of the molecule is COc1ccc(S(=O)(=O)n2cc(CCN(C)C)c3cccc(OC)c32)cc1. The van der Waals surface area contributed by atoms with Gasteiger partial charge in [0.25, 0.3) is 10.0 Å². The summed E-state index contributed by atoms with van der Waals surface area (Å²) in [7, 11) is 3.31. The number of para-hydroxylation sites is 1. The van der Waals surface area contributed by atoms with Crippen molar-refractivity contribution in [3.63, 3.8) is 0 Å². The Kier molecular flexibility index (Phi) is 5.43. The van der Waals surface area contributed by atoms with E-state index in [1.165, 1.54) is 3.97 Å². The molecule has 3 aromatic rings. The smallest absolute Gasteiger partial charge is 0.268 e. The summed E-state index contributed by atoms with van der Waals surface area (Å²) in [5, 5.41) is 0.883. The van der Waals surface area contributed by atoms with Crippen LogP contribution in [0.15, 0.2) is 53.6 Å². The van der Waals surface area contributed by atoms with E-state index in [0.717, 1.165) is 23.9 Å². The second-order valence-electron chi connectivity index (χ2n) is 6.54. The second-order valence-corrected chi connectivity index (χ2v) is 8.36. The molecule has 2 aromatic carbocycles. The lowest BCUT2D eigenvalue weighted by Gasteiger charge is -2.10. The highest BCUT2D eigenvalue weighted by Crippen LogP contribution is 2.33. The molecule has 7 heteroatoms. The van der Waals surface area contributed by atoms with Gasteiger partial charge in [-0.1, -0.05) is 12.1 Å². The molecular weight excluding hydrogens is 364 g/mol. The first-order valence-electron chi connectivity index (χ1n) is 8.59. The fraction of sp³-hybridized carbons (Fsp3) is 0.300. The van der Waals surface area contributed by atoms with E-state index in [1.807, 2.05) is 26.2 Å². The summed E-state index contributed by atoms with van der Waals surface area (Å²) in [6.45, 7) is 0.818. The second kappa shape index (κ2) is 7.62. The number of hydrogen-bond donors (Lipinski definition) is 0. The van der Waals surface area contributed by atoms with Crippen LogP contribution in [0.5, 0.6) is 11.5 Å². The standard InChI is InChI=1S/C20H24N2O4S/c1-21(2)13-12-15-14-22(20-18(15)6-5-7-19(20)26-4)27(23,24)17-10-8-16(25-3)9-11-17/h5-11,14H,12-13H2,1-4H3. The maximum Gasteiger partial charge on any atom is 0.268 e. The maximum atomic E-state index is 13.3. The molecule has 0 spiro atoms. The van der Waals surface area contributed by atoms with Gasteiger partial charge in [-0.15, -0.1) is 0 Å². The van der Waals surface area contributed by atoms with Gasteiger partial charge in [0.1, 0.15) is 17.0 Å². The van der Waals surface area contributed by atoms with E-state index in [4.69, 9.17) is 9.47 Å². The van der Waals surface area contributed by atoms with Gasteiger partial charge in [0.15, 0.2) is 0 Å². The molecular formula is C20H24N2O4S. The van der Waals surface area contributed by atoms with Crippen LogP contribution < -0.4 is 9.47 Å². The zero-order valence-electron chi connectivity index (χ0n) is 16.0. The van der Waals surface area contributed by atoms with Crippen LogP contribution in [-0.4, -0.2) is 52.1 Å². The maximum absolute atomic E-state index is 13.3. The lowest BCUT2D eigenvalue weighted by atomic mass is 10.1. The summed E-state index contributed by atoms with van der Waals surface area (Å²) in [6, 6.07) is 12.0. The minimum Gasteiger partial charge on any atom is -0.497 e. The molecule has 0 saturated carbocycles. The first-order chi connectivity index (χ1) is 12.9. The molecule has 0 aliphatic carbocycles. The molecule has 0 saturated heterocycles. The average Bonchev–Trinajstić information content (AvgIpc) is 3.06. The predicted octanol–water partition coefficient (Wildman–Crippen LogP) is 3.00. The molecule has 1 aromatic heterocycles. The van der Waals surface area contributed by atoms with Gasteiger partial charge in [-0.3, -0.25) is 0 Å². The summed E-state index contributed by atoms with van der Waals surface area (Å²) in [5.41, 5.74) is 1.53. The molecule has 27 heavy (non-hydrogen) atoms. The number of ether oxygens (including phenoxy) is 2. The lowest BCUT2D eigenvalue weighted by molar-refractivity contribution is 0.414. The van der Waals surface area contributed by atoms with E-state index in [0.29, 0.717) is 17.0 Å². The molecule has 0 amide bonds. The van der Waals surface area contributed by atoms with Crippen molar-refractivity contribution in [2.75, 3.05) is 34.9 Å². The lowest BCUT2D eigenvalue weighted by Crippen LogP contribution is -2.15. The fourth-order valence-corrected chi connectivity index (χ4v) is 4.45. The fourth-order valence-electron chi connectivity index (χ4n) is 3.04. The van der Waals surface area contributed by atoms with Gasteiger partial charge < -0.3 is 14.4 Å². The summed E-state index contributed by atoms with van der Waals surface area (Å²) < 4.78 is 38.6. The molecule has 3 rings (SSSR count). The van der Waals surface area contributed by atoms with Crippen LogP contribution in [0.4, 0.5) is 0 Å². The largest absolute Gasteiger partial charge is 0.497 e. The third-order valence-corrected chi connectivity index (χ3v) is 6.18. The number of methoxy groups -OCH3 is 2. The van der Waals surface area contributed by atoms with Gasteiger partial charge in [0, 0.05) is 18.1 Å². The van der Waals surface area contributed by atoms with Crippen LogP contribution >= 0.6 is 0 Å². The summed E-state index contributed by atoms with van der Waals surface area (Å²) in [5.74, 6) is 1.14. The van der Waals surface area contributed by atoms with Crippen LogP contribution in [-0.2, 0) is 16.4 Å². The Balaban J connectivity index is 2.19. The molecule has 0 fully saturated rings. The first kappa shape index (κ1) is 19.3. The minimum absolute atomic E-state index is 0.199. The van der Waals surface area contributed by atoms with Crippen LogP contribution in [0.2, 0.25) is 0 Å². The molecule has 1 heterocycles. The Hall–Kier alpha value is -2.51. The molecule has 0 aliphatic heterocycles. The van der Waals surface area contributed by atoms with Crippen molar-refractivity contribution in [1.82, 2.24) is 8.87 Å². The van der Waals surface area contributed by atoms with E-state index in [2.05, 4.69) is 4.90 Å². The molecule has 0 N–H and O–H groups in total. The van der Waals surface area contributed by atoms with Crippen molar-refractivity contribution in [3.05, 3.63) is 54.2 Å². The van der Waals surface area contributed by atoms with E-state index >= 15 is 0 Å². The number of rotatable bonds is 7. The Labute approximate surface area is 160 Å². The van der Waals surface area contributed by atoms with Crippen molar-refractivity contribution in [3.8, 4) is 11.5 Å². The summed E-state index contributed by atoms with van der Waals surface area (Å²) in [4.78, 5) is 2.27. The Morgan fingerprint density at radius 3 is 2.30 bits per heavy atom. The highest BCUT2D eigenvalue weighted by Gasteiger charge is 2.23. The summed E-state index contributed by atoms with van der Waals surface area (Å²) in [6.07, 6.45) is 2.44. The third-order valence-electron chi connectivity index (χ3n) is 4.50. The molecule has 144 valence electrons. The van der Waals surface area contributed by atoms with Crippen LogP contribution in [0.3, 0.4) is 0 Å². The Morgan fingerprint density at radius 2 is 1.70 bits per heavy atom. The van der Waals surface area contributed by atoms with Gasteiger partial charge in [-0.25, -0.2) is 12.4 Å². The van der Waals surface area contributed by atoms with Gasteiger partial charge in [-0.2, -0.15) is 0 Å². The zero-order valence-corrected chi connectivity index (χ0v) is 16.8. The quantitative estimate of drug-likeness (QED) is 0.623. The molecule has 0 radical (unpaired) electrons. The van der Waals surface area contributed by atoms with Gasteiger partial charge in [-0.05, 0) is 56.4 Å². The first-order valence-corrected chi connectivity index (χ1v) is 10.0. The van der Waals surface area contributed by atoms with Gasteiger partial charge in [0.2, 0.25) is 0 Å². The monoisotopic (exact) mass is 388 g/mol. The molecule has 0 bridgehead atoms. The molecule has 0 atom stereocenters. The number of nitrogens with zero attached hydrogens (tertiary/aromatic N) is 2. The number of hydrogen-bond acceptors (Lipinski definition) is 5. The number of likely N-dealkylation sites (N-methyl/N-ethyl adjacent to an activating group) is 1. The highest BCUT2D eigenvalue weighted by molar-refractivity contribution is 7.90.